The summed E-state index contributed by atoms with van der Waals surface area (Å²) in [4.78, 5) is 4.39. The standard InChI is InChI=1S/C11H20N2O2S2/c1-4-17(14,15)7-5-6-12-10(3)11-13-9(2)8-16-11/h8,10,12H,4-7H2,1-3H3. The molecular formula is C11H20N2O2S2. The van der Waals surface area contributed by atoms with E-state index in [-0.39, 0.29) is 17.5 Å². The molecule has 0 amide bonds. The van der Waals surface area contributed by atoms with Gasteiger partial charge in [-0.3, -0.25) is 0 Å². The minimum atomic E-state index is -2.83. The Morgan fingerprint density at radius 3 is 2.76 bits per heavy atom. The van der Waals surface area contributed by atoms with Crippen LogP contribution in [0.2, 0.25) is 0 Å². The van der Waals surface area contributed by atoms with Gasteiger partial charge in [-0.1, -0.05) is 6.92 Å². The molecule has 4 nitrogen and oxygen atoms in total. The molecule has 1 heterocycles. The Bertz CT molecular complexity index is 440. The molecule has 0 saturated carbocycles. The molecule has 0 bridgehead atoms. The van der Waals surface area contributed by atoms with Crippen molar-refractivity contribution < 1.29 is 8.42 Å². The van der Waals surface area contributed by atoms with Gasteiger partial charge >= 0.3 is 0 Å². The highest BCUT2D eigenvalue weighted by Gasteiger charge is 2.10. The Balaban J connectivity index is 2.28. The molecule has 17 heavy (non-hydrogen) atoms. The zero-order chi connectivity index (χ0) is 12.9. The lowest BCUT2D eigenvalue weighted by atomic mass is 10.3. The summed E-state index contributed by atoms with van der Waals surface area (Å²) in [6, 6.07) is 0.193. The van der Waals surface area contributed by atoms with Gasteiger partial charge in [-0.05, 0) is 26.8 Å². The van der Waals surface area contributed by atoms with Crippen LogP contribution >= 0.6 is 11.3 Å². The molecule has 1 atom stereocenters. The summed E-state index contributed by atoms with van der Waals surface area (Å²) in [7, 11) is -2.83. The van der Waals surface area contributed by atoms with Gasteiger partial charge in [-0.2, -0.15) is 0 Å². The van der Waals surface area contributed by atoms with Crippen molar-refractivity contribution in [1.82, 2.24) is 10.3 Å². The van der Waals surface area contributed by atoms with E-state index in [4.69, 9.17) is 0 Å². The van der Waals surface area contributed by atoms with Gasteiger partial charge in [0.1, 0.15) is 14.8 Å². The maximum Gasteiger partial charge on any atom is 0.150 e. The fourth-order valence-corrected chi connectivity index (χ4v) is 3.11. The predicted octanol–water partition coefficient (Wildman–Crippen LogP) is 1.93. The molecule has 1 aromatic heterocycles. The lowest BCUT2D eigenvalue weighted by Crippen LogP contribution is -2.22. The molecule has 1 unspecified atom stereocenters. The summed E-state index contributed by atoms with van der Waals surface area (Å²) in [6.45, 7) is 6.41. The topological polar surface area (TPSA) is 59.1 Å². The van der Waals surface area contributed by atoms with Gasteiger partial charge in [-0.15, -0.1) is 11.3 Å². The van der Waals surface area contributed by atoms with Crippen molar-refractivity contribution in [1.29, 1.82) is 0 Å². The second-order valence-corrected chi connectivity index (χ2v) is 7.46. The number of nitrogens with one attached hydrogen (secondary N) is 1. The monoisotopic (exact) mass is 276 g/mol. The molecule has 1 aromatic rings. The van der Waals surface area contributed by atoms with Gasteiger partial charge in [0, 0.05) is 16.8 Å². The molecular weight excluding hydrogens is 256 g/mol. The zero-order valence-electron chi connectivity index (χ0n) is 10.6. The average Bonchev–Trinajstić information content (AvgIpc) is 2.71. The maximum absolute atomic E-state index is 11.3. The van der Waals surface area contributed by atoms with Gasteiger partial charge in [0.15, 0.2) is 0 Å². The third-order valence-corrected chi connectivity index (χ3v) is 5.47. The largest absolute Gasteiger partial charge is 0.308 e. The summed E-state index contributed by atoms with van der Waals surface area (Å²) in [5.74, 6) is 0.494. The first-order valence-corrected chi connectivity index (χ1v) is 8.50. The second-order valence-electron chi connectivity index (χ2n) is 4.09. The Hall–Kier alpha value is -0.460. The summed E-state index contributed by atoms with van der Waals surface area (Å²) in [6.07, 6.45) is 0.658. The lowest BCUT2D eigenvalue weighted by Gasteiger charge is -2.10. The lowest BCUT2D eigenvalue weighted by molar-refractivity contribution is 0.558. The maximum atomic E-state index is 11.3. The second kappa shape index (κ2) is 6.47. The van der Waals surface area contributed by atoms with E-state index >= 15 is 0 Å². The Labute approximate surface area is 107 Å². The van der Waals surface area contributed by atoms with Crippen molar-refractivity contribution in [3.8, 4) is 0 Å². The van der Waals surface area contributed by atoms with Crippen LogP contribution < -0.4 is 5.32 Å². The van der Waals surface area contributed by atoms with E-state index in [1.54, 1.807) is 18.3 Å². The molecule has 1 N–H and O–H groups in total. The molecule has 6 heteroatoms. The first-order chi connectivity index (χ1) is 7.94. The van der Waals surface area contributed by atoms with Crippen molar-refractivity contribution in [3.05, 3.63) is 16.1 Å². The van der Waals surface area contributed by atoms with E-state index in [9.17, 15) is 8.42 Å². The highest BCUT2D eigenvalue weighted by atomic mass is 32.2. The van der Waals surface area contributed by atoms with E-state index in [1.165, 1.54) is 0 Å². The highest BCUT2D eigenvalue weighted by Crippen LogP contribution is 2.17. The average molecular weight is 276 g/mol. The van der Waals surface area contributed by atoms with Crippen molar-refractivity contribution >= 4 is 21.2 Å². The summed E-state index contributed by atoms with van der Waals surface area (Å²) in [5, 5.41) is 6.37. The van der Waals surface area contributed by atoms with Crippen LogP contribution in [-0.4, -0.2) is 31.5 Å². The third-order valence-electron chi connectivity index (χ3n) is 2.53. The van der Waals surface area contributed by atoms with Crippen molar-refractivity contribution in [2.75, 3.05) is 18.1 Å². The van der Waals surface area contributed by atoms with Gasteiger partial charge in [-0.25, -0.2) is 13.4 Å². The van der Waals surface area contributed by atoms with Crippen LogP contribution in [0.25, 0.3) is 0 Å². The molecule has 0 radical (unpaired) electrons. The number of rotatable bonds is 7. The van der Waals surface area contributed by atoms with Gasteiger partial charge in [0.2, 0.25) is 0 Å². The van der Waals surface area contributed by atoms with Crippen LogP contribution in [0.4, 0.5) is 0 Å². The minimum Gasteiger partial charge on any atom is -0.308 e. The van der Waals surface area contributed by atoms with Crippen LogP contribution in [0.3, 0.4) is 0 Å². The van der Waals surface area contributed by atoms with E-state index in [1.807, 2.05) is 19.2 Å². The normalized spacial score (nSPS) is 13.8. The first-order valence-electron chi connectivity index (χ1n) is 5.80. The molecule has 1 rings (SSSR count). The zero-order valence-corrected chi connectivity index (χ0v) is 12.2. The smallest absolute Gasteiger partial charge is 0.150 e. The fraction of sp³-hybridized carbons (Fsp3) is 0.727. The Morgan fingerprint density at radius 1 is 1.53 bits per heavy atom. The molecule has 0 fully saturated rings. The number of aryl methyl sites for hydroxylation is 1. The van der Waals surface area contributed by atoms with Gasteiger partial charge in [0.25, 0.3) is 0 Å². The Morgan fingerprint density at radius 2 is 2.24 bits per heavy atom. The van der Waals surface area contributed by atoms with Crippen molar-refractivity contribution in [3.63, 3.8) is 0 Å². The quantitative estimate of drug-likeness (QED) is 0.773. The molecule has 98 valence electrons. The van der Waals surface area contributed by atoms with Gasteiger partial charge < -0.3 is 5.32 Å². The molecule has 0 aliphatic carbocycles. The molecule has 0 aliphatic heterocycles. The van der Waals surface area contributed by atoms with Crippen molar-refractivity contribution in [2.24, 2.45) is 0 Å². The van der Waals surface area contributed by atoms with Crippen molar-refractivity contribution in [2.45, 2.75) is 33.2 Å². The summed E-state index contributed by atoms with van der Waals surface area (Å²) >= 11 is 1.63. The molecule has 0 saturated heterocycles. The summed E-state index contributed by atoms with van der Waals surface area (Å²) < 4.78 is 22.6. The number of nitrogens with zero attached hydrogens (tertiary/aromatic N) is 1. The van der Waals surface area contributed by atoms with Crippen LogP contribution in [0.15, 0.2) is 5.38 Å². The fourth-order valence-electron chi connectivity index (χ4n) is 1.41. The predicted molar refractivity (Wildman–Crippen MR) is 72.2 cm³/mol. The van der Waals surface area contributed by atoms with E-state index in [0.717, 1.165) is 10.7 Å². The number of aromatic nitrogens is 1. The third kappa shape index (κ3) is 5.14. The van der Waals surface area contributed by atoms with Gasteiger partial charge in [0.05, 0.1) is 11.8 Å². The number of hydrogen-bond donors (Lipinski definition) is 1. The number of sulfone groups is 1. The molecule has 0 aliphatic rings. The molecule has 0 spiro atoms. The number of thiazole rings is 1. The van der Waals surface area contributed by atoms with E-state index in [2.05, 4.69) is 10.3 Å². The Kier molecular flexibility index (Phi) is 5.55. The minimum absolute atomic E-state index is 0.193. The SMILES string of the molecule is CCS(=O)(=O)CCCNC(C)c1nc(C)cs1. The van der Waals surface area contributed by atoms with Crippen LogP contribution in [-0.2, 0) is 9.84 Å². The first kappa shape index (κ1) is 14.6. The number of hydrogen-bond acceptors (Lipinski definition) is 5. The highest BCUT2D eigenvalue weighted by molar-refractivity contribution is 7.91. The van der Waals surface area contributed by atoms with Crippen LogP contribution in [0.5, 0.6) is 0 Å². The van der Waals surface area contributed by atoms with Crippen LogP contribution in [0.1, 0.15) is 37.0 Å². The van der Waals surface area contributed by atoms with Crippen LogP contribution in [0, 0.1) is 6.92 Å². The van der Waals surface area contributed by atoms with E-state index in [0.29, 0.717) is 13.0 Å². The van der Waals surface area contributed by atoms with E-state index < -0.39 is 9.84 Å². The molecule has 0 aromatic carbocycles. The summed E-state index contributed by atoms with van der Waals surface area (Å²) in [5.41, 5.74) is 1.03.